The van der Waals surface area contributed by atoms with Crippen LogP contribution in [-0.4, -0.2) is 24.0 Å². The SMILES string of the molecule is CC(=O)c1cc(NCC2(CO)CCCCC2)ccc1N. The van der Waals surface area contributed by atoms with E-state index in [9.17, 15) is 9.90 Å². The third-order valence-corrected chi connectivity index (χ3v) is 4.35. The van der Waals surface area contributed by atoms with Crippen LogP contribution in [0.5, 0.6) is 0 Å². The van der Waals surface area contributed by atoms with Gasteiger partial charge in [0.15, 0.2) is 5.78 Å². The number of nitrogens with one attached hydrogen (secondary N) is 1. The Morgan fingerprint density at radius 2 is 2.05 bits per heavy atom. The first-order chi connectivity index (χ1) is 9.56. The molecule has 1 aromatic rings. The zero-order valence-electron chi connectivity index (χ0n) is 12.1. The van der Waals surface area contributed by atoms with Crippen molar-refractivity contribution in [2.75, 3.05) is 24.2 Å². The Morgan fingerprint density at radius 1 is 1.35 bits per heavy atom. The molecule has 110 valence electrons. The highest BCUT2D eigenvalue weighted by Crippen LogP contribution is 2.36. The number of ketones is 1. The van der Waals surface area contributed by atoms with Gasteiger partial charge in [-0.3, -0.25) is 4.79 Å². The summed E-state index contributed by atoms with van der Waals surface area (Å²) < 4.78 is 0. The average molecular weight is 276 g/mol. The van der Waals surface area contributed by atoms with Gasteiger partial charge in [-0.05, 0) is 38.0 Å². The van der Waals surface area contributed by atoms with Crippen molar-refractivity contribution in [3.63, 3.8) is 0 Å². The quantitative estimate of drug-likeness (QED) is 0.571. The van der Waals surface area contributed by atoms with Gasteiger partial charge in [0, 0.05) is 28.9 Å². The molecule has 0 spiro atoms. The Kier molecular flexibility index (Phi) is 4.65. The molecule has 0 aliphatic heterocycles. The smallest absolute Gasteiger partial charge is 0.161 e. The lowest BCUT2D eigenvalue weighted by Gasteiger charge is -2.36. The number of nitrogen functional groups attached to an aromatic ring is 1. The molecule has 1 aromatic carbocycles. The third kappa shape index (κ3) is 3.31. The van der Waals surface area contributed by atoms with Crippen LogP contribution < -0.4 is 11.1 Å². The second-order valence-corrected chi connectivity index (χ2v) is 5.93. The number of Topliss-reactive ketones (excluding diaryl/α,β-unsaturated/α-hetero) is 1. The van der Waals surface area contributed by atoms with Gasteiger partial charge in [-0.2, -0.15) is 0 Å². The number of benzene rings is 1. The fourth-order valence-electron chi connectivity index (χ4n) is 2.95. The highest BCUT2D eigenvalue weighted by molar-refractivity contribution is 6.00. The van der Waals surface area contributed by atoms with Gasteiger partial charge in [-0.1, -0.05) is 19.3 Å². The van der Waals surface area contributed by atoms with Gasteiger partial charge in [-0.15, -0.1) is 0 Å². The van der Waals surface area contributed by atoms with Crippen molar-refractivity contribution in [3.05, 3.63) is 23.8 Å². The Bertz CT molecular complexity index is 479. The number of aliphatic hydroxyl groups is 1. The number of hydrogen-bond donors (Lipinski definition) is 3. The zero-order valence-corrected chi connectivity index (χ0v) is 12.1. The van der Waals surface area contributed by atoms with E-state index in [2.05, 4.69) is 5.32 Å². The van der Waals surface area contributed by atoms with Crippen molar-refractivity contribution in [3.8, 4) is 0 Å². The molecule has 0 heterocycles. The van der Waals surface area contributed by atoms with E-state index in [0.29, 0.717) is 11.3 Å². The summed E-state index contributed by atoms with van der Waals surface area (Å²) in [5, 5.41) is 13.1. The lowest BCUT2D eigenvalue weighted by Crippen LogP contribution is -2.35. The van der Waals surface area contributed by atoms with E-state index in [4.69, 9.17) is 5.73 Å². The highest BCUT2D eigenvalue weighted by atomic mass is 16.3. The van der Waals surface area contributed by atoms with Gasteiger partial charge in [0.25, 0.3) is 0 Å². The number of nitrogens with two attached hydrogens (primary N) is 1. The van der Waals surface area contributed by atoms with Crippen LogP contribution in [0.2, 0.25) is 0 Å². The molecule has 0 bridgehead atoms. The van der Waals surface area contributed by atoms with Crippen molar-refractivity contribution in [2.24, 2.45) is 5.41 Å². The van der Waals surface area contributed by atoms with Crippen molar-refractivity contribution < 1.29 is 9.90 Å². The van der Waals surface area contributed by atoms with Crippen LogP contribution in [0.15, 0.2) is 18.2 Å². The molecule has 0 radical (unpaired) electrons. The predicted octanol–water partition coefficient (Wildman–Crippen LogP) is 2.83. The maximum Gasteiger partial charge on any atom is 0.161 e. The van der Waals surface area contributed by atoms with Gasteiger partial charge in [0.1, 0.15) is 0 Å². The number of rotatable bonds is 5. The molecule has 0 unspecified atom stereocenters. The molecule has 4 N–H and O–H groups in total. The lowest BCUT2D eigenvalue weighted by atomic mass is 9.74. The minimum Gasteiger partial charge on any atom is -0.398 e. The summed E-state index contributed by atoms with van der Waals surface area (Å²) in [5.74, 6) is -0.0271. The van der Waals surface area contributed by atoms with Gasteiger partial charge in [-0.25, -0.2) is 0 Å². The first-order valence-electron chi connectivity index (χ1n) is 7.31. The van der Waals surface area contributed by atoms with Crippen LogP contribution in [0.3, 0.4) is 0 Å². The second kappa shape index (κ2) is 6.27. The number of carbonyl (C=O) groups is 1. The first kappa shape index (κ1) is 14.9. The normalized spacial score (nSPS) is 17.7. The topological polar surface area (TPSA) is 75.3 Å². The van der Waals surface area contributed by atoms with Crippen LogP contribution in [0.1, 0.15) is 49.4 Å². The number of carbonyl (C=O) groups excluding carboxylic acids is 1. The third-order valence-electron chi connectivity index (χ3n) is 4.35. The summed E-state index contributed by atoms with van der Waals surface area (Å²) in [6, 6.07) is 5.44. The Labute approximate surface area is 120 Å². The minimum absolute atomic E-state index is 0.0178. The summed E-state index contributed by atoms with van der Waals surface area (Å²) in [7, 11) is 0. The largest absolute Gasteiger partial charge is 0.398 e. The predicted molar refractivity (Wildman–Crippen MR) is 82.0 cm³/mol. The molecule has 0 saturated heterocycles. The van der Waals surface area contributed by atoms with E-state index < -0.39 is 0 Å². The summed E-state index contributed by atoms with van der Waals surface area (Å²) >= 11 is 0. The zero-order chi connectivity index (χ0) is 14.6. The van der Waals surface area contributed by atoms with Crippen LogP contribution in [0.25, 0.3) is 0 Å². The van der Waals surface area contributed by atoms with Gasteiger partial charge in [0.05, 0.1) is 6.61 Å². The molecule has 4 nitrogen and oxygen atoms in total. The molecular weight excluding hydrogens is 252 g/mol. The number of hydrogen-bond acceptors (Lipinski definition) is 4. The van der Waals surface area contributed by atoms with Crippen LogP contribution >= 0.6 is 0 Å². The molecule has 0 amide bonds. The minimum atomic E-state index is -0.0271. The van der Waals surface area contributed by atoms with E-state index in [1.165, 1.54) is 26.2 Å². The molecule has 20 heavy (non-hydrogen) atoms. The fourth-order valence-corrected chi connectivity index (χ4v) is 2.95. The number of aliphatic hydroxyl groups excluding tert-OH is 1. The van der Waals surface area contributed by atoms with E-state index in [-0.39, 0.29) is 17.8 Å². The molecule has 4 heteroatoms. The summed E-state index contributed by atoms with van der Waals surface area (Å²) in [4.78, 5) is 11.5. The van der Waals surface area contributed by atoms with Crippen molar-refractivity contribution >= 4 is 17.2 Å². The van der Waals surface area contributed by atoms with E-state index in [1.54, 1.807) is 12.1 Å². The first-order valence-corrected chi connectivity index (χ1v) is 7.31. The van der Waals surface area contributed by atoms with Crippen LogP contribution in [0, 0.1) is 5.41 Å². The maximum absolute atomic E-state index is 11.5. The fraction of sp³-hybridized carbons (Fsp3) is 0.562. The van der Waals surface area contributed by atoms with Gasteiger partial charge >= 0.3 is 0 Å². The Hall–Kier alpha value is -1.55. The van der Waals surface area contributed by atoms with E-state index >= 15 is 0 Å². The van der Waals surface area contributed by atoms with Gasteiger partial charge < -0.3 is 16.2 Å². The lowest BCUT2D eigenvalue weighted by molar-refractivity contribution is 0.0944. The van der Waals surface area contributed by atoms with Gasteiger partial charge in [0.2, 0.25) is 0 Å². The number of anilines is 2. The average Bonchev–Trinajstić information content (AvgIpc) is 2.47. The molecule has 0 aromatic heterocycles. The highest BCUT2D eigenvalue weighted by Gasteiger charge is 2.31. The van der Waals surface area contributed by atoms with Crippen LogP contribution in [0.4, 0.5) is 11.4 Å². The van der Waals surface area contributed by atoms with Crippen molar-refractivity contribution in [2.45, 2.75) is 39.0 Å². The molecular formula is C16H24N2O2. The second-order valence-electron chi connectivity index (χ2n) is 5.93. The monoisotopic (exact) mass is 276 g/mol. The molecule has 1 saturated carbocycles. The Morgan fingerprint density at radius 3 is 2.65 bits per heavy atom. The van der Waals surface area contributed by atoms with E-state index in [1.807, 2.05) is 6.07 Å². The van der Waals surface area contributed by atoms with Crippen LogP contribution in [-0.2, 0) is 0 Å². The molecule has 0 atom stereocenters. The Balaban J connectivity index is 2.06. The molecule has 1 aliphatic carbocycles. The van der Waals surface area contributed by atoms with Crippen molar-refractivity contribution in [1.82, 2.24) is 0 Å². The summed E-state index contributed by atoms with van der Waals surface area (Å²) in [6.07, 6.45) is 5.75. The maximum atomic E-state index is 11.5. The molecule has 1 aliphatic rings. The molecule has 1 fully saturated rings. The summed E-state index contributed by atoms with van der Waals surface area (Å²) in [6.45, 7) is 2.48. The van der Waals surface area contributed by atoms with E-state index in [0.717, 1.165) is 25.1 Å². The van der Waals surface area contributed by atoms with Crippen molar-refractivity contribution in [1.29, 1.82) is 0 Å². The standard InChI is InChI=1S/C16H24N2O2/c1-12(20)14-9-13(5-6-15(14)17)18-10-16(11-19)7-3-2-4-8-16/h5-6,9,18-19H,2-4,7-8,10-11,17H2,1H3. The summed E-state index contributed by atoms with van der Waals surface area (Å²) in [5.41, 5.74) is 7.73. The molecule has 2 rings (SSSR count).